The topological polar surface area (TPSA) is 57.2 Å². The van der Waals surface area contributed by atoms with E-state index in [0.717, 1.165) is 17.5 Å². The fraction of sp³-hybridized carbons (Fsp3) is 0.500. The van der Waals surface area contributed by atoms with Crippen molar-refractivity contribution in [2.75, 3.05) is 13.2 Å². The maximum atomic E-state index is 13.2. The van der Waals surface area contributed by atoms with Gasteiger partial charge in [0.2, 0.25) is 5.91 Å². The highest BCUT2D eigenvalue weighted by Gasteiger charge is 2.62. The Morgan fingerprint density at radius 3 is 2.28 bits per heavy atom. The Labute approximate surface area is 189 Å². The Hall–Kier alpha value is -2.25. The summed E-state index contributed by atoms with van der Waals surface area (Å²) in [5.74, 6) is -0.676. The van der Waals surface area contributed by atoms with Crippen molar-refractivity contribution in [3.8, 4) is 0 Å². The summed E-state index contributed by atoms with van der Waals surface area (Å²) in [6.45, 7) is 5.75. The number of ether oxygens (including phenoxy) is 4. The zero-order chi connectivity index (χ0) is 22.1. The molecule has 0 spiro atoms. The molecule has 6 heteroatoms. The molecule has 1 amide bonds. The van der Waals surface area contributed by atoms with E-state index < -0.39 is 5.79 Å². The highest BCUT2D eigenvalue weighted by molar-refractivity contribution is 5.88. The first-order valence-electron chi connectivity index (χ1n) is 11.4. The van der Waals surface area contributed by atoms with E-state index in [0.29, 0.717) is 26.4 Å². The molecule has 3 aliphatic heterocycles. The lowest BCUT2D eigenvalue weighted by atomic mass is 9.83. The molecule has 2 aromatic carbocycles. The Morgan fingerprint density at radius 2 is 1.66 bits per heavy atom. The lowest BCUT2D eigenvalue weighted by Gasteiger charge is -2.47. The summed E-state index contributed by atoms with van der Waals surface area (Å²) in [7, 11) is 0. The third-order valence-corrected chi connectivity index (χ3v) is 6.71. The van der Waals surface area contributed by atoms with Crippen molar-refractivity contribution in [3.63, 3.8) is 0 Å². The van der Waals surface area contributed by atoms with Gasteiger partial charge in [0.15, 0.2) is 5.79 Å². The van der Waals surface area contributed by atoms with Gasteiger partial charge in [-0.1, -0.05) is 60.7 Å². The molecule has 0 radical (unpaired) electrons. The van der Waals surface area contributed by atoms with Crippen LogP contribution >= 0.6 is 0 Å². The van der Waals surface area contributed by atoms with Crippen molar-refractivity contribution < 1.29 is 23.7 Å². The first-order valence-corrected chi connectivity index (χ1v) is 11.4. The van der Waals surface area contributed by atoms with Crippen LogP contribution in [0.5, 0.6) is 0 Å². The predicted molar refractivity (Wildman–Crippen MR) is 119 cm³/mol. The lowest BCUT2D eigenvalue weighted by Crippen LogP contribution is -2.65. The van der Waals surface area contributed by atoms with Gasteiger partial charge in [0.25, 0.3) is 0 Å². The van der Waals surface area contributed by atoms with Crippen LogP contribution in [0.2, 0.25) is 0 Å². The first kappa shape index (κ1) is 21.6. The van der Waals surface area contributed by atoms with Gasteiger partial charge in [-0.3, -0.25) is 4.79 Å². The molecule has 0 aliphatic carbocycles. The van der Waals surface area contributed by atoms with Crippen LogP contribution in [-0.2, 0) is 37.0 Å². The summed E-state index contributed by atoms with van der Waals surface area (Å²) in [5, 5.41) is 0. The second-order valence-electron chi connectivity index (χ2n) is 9.34. The molecule has 3 heterocycles. The van der Waals surface area contributed by atoms with Crippen LogP contribution in [0.1, 0.15) is 31.4 Å². The average molecular weight is 438 g/mol. The zero-order valence-corrected chi connectivity index (χ0v) is 18.7. The summed E-state index contributed by atoms with van der Waals surface area (Å²) in [4.78, 5) is 15.2. The van der Waals surface area contributed by atoms with Gasteiger partial charge >= 0.3 is 0 Å². The lowest BCUT2D eigenvalue weighted by molar-refractivity contribution is -0.179. The van der Waals surface area contributed by atoms with Gasteiger partial charge in [-0.05, 0) is 31.4 Å². The van der Waals surface area contributed by atoms with Gasteiger partial charge in [-0.15, -0.1) is 0 Å². The Kier molecular flexibility index (Phi) is 6.03. The van der Waals surface area contributed by atoms with Gasteiger partial charge < -0.3 is 23.8 Å². The molecule has 0 bridgehead atoms. The van der Waals surface area contributed by atoms with Crippen LogP contribution in [-0.4, -0.2) is 54.1 Å². The molecule has 170 valence electrons. The van der Waals surface area contributed by atoms with Crippen LogP contribution in [0.4, 0.5) is 0 Å². The Balaban J connectivity index is 1.26. The van der Waals surface area contributed by atoms with Crippen molar-refractivity contribution in [2.45, 2.75) is 63.6 Å². The molecule has 3 saturated heterocycles. The maximum Gasteiger partial charge on any atom is 0.231 e. The number of carbonyl (C=O) groups excluding carboxylic acids is 1. The van der Waals surface area contributed by atoms with Crippen molar-refractivity contribution in [1.29, 1.82) is 0 Å². The second kappa shape index (κ2) is 8.94. The first-order chi connectivity index (χ1) is 15.5. The summed E-state index contributed by atoms with van der Waals surface area (Å²) >= 11 is 0. The largest absolute Gasteiger partial charge is 0.375 e. The number of fused-ring (bicyclic) bond motifs is 1. The van der Waals surface area contributed by atoms with E-state index in [-0.39, 0.29) is 36.1 Å². The SMILES string of the molecule is CC1(C)OC[C@@H]([C@@H]2C(=O)N3[C@@H]2C[C@H](OCc2ccccc2)[C@@H]3COCc2ccccc2)O1. The standard InChI is InChI=1S/C26H31NO5/c1-26(2)31-17-23(32-26)24-20-13-22(30-15-19-11-7-4-8-12-19)21(27(20)25(24)28)16-29-14-18-9-5-3-6-10-18/h3-12,20-24H,13-17H2,1-2H3/t20-,21+,22+,23+,24-/m1/s1. The normalized spacial score (nSPS) is 30.9. The fourth-order valence-electron chi connectivity index (χ4n) is 5.15. The number of amides is 1. The minimum Gasteiger partial charge on any atom is -0.375 e. The van der Waals surface area contributed by atoms with Crippen LogP contribution in [0.25, 0.3) is 0 Å². The van der Waals surface area contributed by atoms with Crippen molar-refractivity contribution in [3.05, 3.63) is 71.8 Å². The maximum absolute atomic E-state index is 13.2. The Morgan fingerprint density at radius 1 is 1.00 bits per heavy atom. The molecule has 2 aromatic rings. The molecule has 32 heavy (non-hydrogen) atoms. The number of rotatable bonds is 8. The third-order valence-electron chi connectivity index (χ3n) is 6.71. The minimum absolute atomic E-state index is 0.0692. The van der Waals surface area contributed by atoms with Crippen LogP contribution in [0.15, 0.2) is 60.7 Å². The van der Waals surface area contributed by atoms with E-state index in [1.165, 1.54) is 0 Å². The van der Waals surface area contributed by atoms with E-state index in [2.05, 4.69) is 12.1 Å². The van der Waals surface area contributed by atoms with E-state index in [1.54, 1.807) is 0 Å². The summed E-state index contributed by atoms with van der Waals surface area (Å²) in [6.07, 6.45) is 0.529. The highest BCUT2D eigenvalue weighted by Crippen LogP contribution is 2.45. The zero-order valence-electron chi connectivity index (χ0n) is 18.7. The van der Waals surface area contributed by atoms with Crippen molar-refractivity contribution >= 4 is 5.91 Å². The number of hydrogen-bond acceptors (Lipinski definition) is 5. The Bertz CT molecular complexity index is 918. The van der Waals surface area contributed by atoms with E-state index in [9.17, 15) is 4.79 Å². The van der Waals surface area contributed by atoms with Gasteiger partial charge in [0.1, 0.15) is 0 Å². The third kappa shape index (κ3) is 4.33. The number of nitrogens with zero attached hydrogens (tertiary/aromatic N) is 1. The number of β-lactam (4-membered cyclic amide) rings is 1. The molecule has 0 unspecified atom stereocenters. The molecular weight excluding hydrogens is 406 g/mol. The molecule has 6 nitrogen and oxygen atoms in total. The predicted octanol–water partition coefficient (Wildman–Crippen LogP) is 3.54. The summed E-state index contributed by atoms with van der Waals surface area (Å²) < 4.78 is 24.1. The van der Waals surface area contributed by atoms with E-state index >= 15 is 0 Å². The highest BCUT2D eigenvalue weighted by atomic mass is 16.7. The number of hydrogen-bond donors (Lipinski definition) is 0. The smallest absolute Gasteiger partial charge is 0.231 e. The molecule has 3 aliphatic rings. The fourth-order valence-corrected chi connectivity index (χ4v) is 5.15. The number of carbonyl (C=O) groups is 1. The monoisotopic (exact) mass is 437 g/mol. The van der Waals surface area contributed by atoms with E-state index in [4.69, 9.17) is 18.9 Å². The van der Waals surface area contributed by atoms with Crippen molar-refractivity contribution in [2.24, 2.45) is 5.92 Å². The molecule has 3 fully saturated rings. The van der Waals surface area contributed by atoms with Gasteiger partial charge in [-0.2, -0.15) is 0 Å². The average Bonchev–Trinajstić information content (AvgIpc) is 3.30. The number of benzene rings is 2. The summed E-state index contributed by atoms with van der Waals surface area (Å²) in [6, 6.07) is 20.3. The second-order valence-corrected chi connectivity index (χ2v) is 9.34. The van der Waals surface area contributed by atoms with Crippen LogP contribution in [0.3, 0.4) is 0 Å². The van der Waals surface area contributed by atoms with Gasteiger partial charge in [-0.25, -0.2) is 0 Å². The van der Waals surface area contributed by atoms with Crippen LogP contribution < -0.4 is 0 Å². The quantitative estimate of drug-likeness (QED) is 0.592. The van der Waals surface area contributed by atoms with Gasteiger partial charge in [0, 0.05) is 6.04 Å². The van der Waals surface area contributed by atoms with Crippen LogP contribution in [0, 0.1) is 5.92 Å². The molecule has 0 aromatic heterocycles. The molecule has 5 atom stereocenters. The molecule has 0 saturated carbocycles. The van der Waals surface area contributed by atoms with Gasteiger partial charge in [0.05, 0.1) is 50.6 Å². The molecule has 0 N–H and O–H groups in total. The molecule has 5 rings (SSSR count). The van der Waals surface area contributed by atoms with Crippen molar-refractivity contribution in [1.82, 2.24) is 4.90 Å². The minimum atomic E-state index is -0.634. The molecular formula is C26H31NO5. The van der Waals surface area contributed by atoms with E-state index in [1.807, 2.05) is 67.3 Å². The summed E-state index contributed by atoms with van der Waals surface area (Å²) in [5.41, 5.74) is 2.25.